The predicted molar refractivity (Wildman–Crippen MR) is 66.7 cm³/mol. The van der Waals surface area contributed by atoms with Crippen LogP contribution in [0.25, 0.3) is 0 Å². The number of aliphatic hydroxyl groups excluding tert-OH is 1. The Bertz CT molecular complexity index is 339. The molecule has 0 saturated carbocycles. The fourth-order valence-electron chi connectivity index (χ4n) is 1.81. The zero-order valence-electron chi connectivity index (χ0n) is 10.5. The van der Waals surface area contributed by atoms with Crippen LogP contribution in [-0.2, 0) is 6.54 Å². The minimum absolute atomic E-state index is 0.344. The Balaban J connectivity index is 2.81. The van der Waals surface area contributed by atoms with E-state index < -0.39 is 0 Å². The van der Waals surface area contributed by atoms with Gasteiger partial charge in [-0.3, -0.25) is 0 Å². The molecule has 1 aromatic rings. The predicted octanol–water partition coefficient (Wildman–Crippen LogP) is 0.926. The Hall–Kier alpha value is -1.13. The second kappa shape index (κ2) is 5.82. The third-order valence-corrected chi connectivity index (χ3v) is 2.39. The van der Waals surface area contributed by atoms with E-state index in [1.54, 1.807) is 6.92 Å². The average molecular weight is 223 g/mol. The lowest BCUT2D eigenvalue weighted by atomic mass is 10.2. The molecule has 0 radical (unpaired) electrons. The van der Waals surface area contributed by atoms with Gasteiger partial charge in [0.1, 0.15) is 5.82 Å². The van der Waals surface area contributed by atoms with Gasteiger partial charge in [-0.25, -0.2) is 4.98 Å². The highest BCUT2D eigenvalue weighted by molar-refractivity contribution is 5.46. The molecule has 2 N–H and O–H groups in total. The third-order valence-electron chi connectivity index (χ3n) is 2.39. The van der Waals surface area contributed by atoms with Crippen molar-refractivity contribution < 1.29 is 5.11 Å². The Morgan fingerprint density at radius 3 is 2.75 bits per heavy atom. The number of anilines is 1. The number of likely N-dealkylation sites (N-methyl/N-ethyl adjacent to an activating group) is 1. The van der Waals surface area contributed by atoms with E-state index >= 15 is 0 Å². The maximum Gasteiger partial charge on any atom is 0.131 e. The lowest BCUT2D eigenvalue weighted by Crippen LogP contribution is -2.28. The molecule has 4 heteroatoms. The molecule has 90 valence electrons. The zero-order valence-corrected chi connectivity index (χ0v) is 10.5. The molecule has 4 nitrogen and oxygen atoms in total. The fourth-order valence-corrected chi connectivity index (χ4v) is 1.81. The summed E-state index contributed by atoms with van der Waals surface area (Å²) >= 11 is 0. The number of aromatic nitrogens is 1. The number of aliphatic hydroxyl groups is 1. The van der Waals surface area contributed by atoms with Gasteiger partial charge in [-0.15, -0.1) is 0 Å². The van der Waals surface area contributed by atoms with Gasteiger partial charge in [0.25, 0.3) is 0 Å². The summed E-state index contributed by atoms with van der Waals surface area (Å²) in [4.78, 5) is 6.40. The second-order valence-corrected chi connectivity index (χ2v) is 4.24. The maximum atomic E-state index is 9.33. The number of hydrogen-bond donors (Lipinski definition) is 2. The van der Waals surface area contributed by atoms with Gasteiger partial charge in [0.15, 0.2) is 0 Å². The van der Waals surface area contributed by atoms with Crippen LogP contribution in [0.15, 0.2) is 12.3 Å². The van der Waals surface area contributed by atoms with Gasteiger partial charge in [0, 0.05) is 26.3 Å². The van der Waals surface area contributed by atoms with Crippen LogP contribution >= 0.6 is 0 Å². The van der Waals surface area contributed by atoms with Crippen LogP contribution in [-0.4, -0.2) is 36.8 Å². The summed E-state index contributed by atoms with van der Waals surface area (Å²) in [6, 6.07) is 2.12. The number of nitrogens with one attached hydrogen (secondary N) is 1. The monoisotopic (exact) mass is 223 g/mol. The first kappa shape index (κ1) is 12.9. The lowest BCUT2D eigenvalue weighted by molar-refractivity contribution is 0.201. The molecule has 0 aromatic carbocycles. The van der Waals surface area contributed by atoms with Crippen molar-refractivity contribution in [1.82, 2.24) is 10.3 Å². The highest BCUT2D eigenvalue weighted by Crippen LogP contribution is 2.16. The summed E-state index contributed by atoms with van der Waals surface area (Å²) in [5, 5.41) is 12.4. The molecule has 0 aliphatic carbocycles. The SMILES string of the molecule is CNCc1cnc(N(C)CC(C)O)c(C)c1. The summed E-state index contributed by atoms with van der Waals surface area (Å²) < 4.78 is 0. The third kappa shape index (κ3) is 3.47. The molecular formula is C12H21N3O. The van der Waals surface area contributed by atoms with E-state index in [1.807, 2.05) is 32.1 Å². The summed E-state index contributed by atoms with van der Waals surface area (Å²) in [5.74, 6) is 0.931. The smallest absolute Gasteiger partial charge is 0.131 e. The van der Waals surface area contributed by atoms with Crippen molar-refractivity contribution in [2.75, 3.05) is 25.5 Å². The zero-order chi connectivity index (χ0) is 12.1. The number of pyridine rings is 1. The number of rotatable bonds is 5. The standard InChI is InChI=1S/C12H21N3O/c1-9-5-11(6-13-3)7-14-12(9)15(4)8-10(2)16/h5,7,10,13,16H,6,8H2,1-4H3. The Kier molecular flexibility index (Phi) is 4.71. The van der Waals surface area contributed by atoms with Crippen LogP contribution in [0.2, 0.25) is 0 Å². The molecule has 0 aliphatic rings. The molecule has 0 fully saturated rings. The first-order chi connectivity index (χ1) is 7.54. The largest absolute Gasteiger partial charge is 0.392 e. The minimum Gasteiger partial charge on any atom is -0.392 e. The van der Waals surface area contributed by atoms with E-state index in [2.05, 4.69) is 16.4 Å². The van der Waals surface area contributed by atoms with Crippen molar-refractivity contribution >= 4 is 5.82 Å². The summed E-state index contributed by atoms with van der Waals surface area (Å²) in [7, 11) is 3.86. The molecule has 0 aliphatic heterocycles. The Morgan fingerprint density at radius 2 is 2.25 bits per heavy atom. The van der Waals surface area contributed by atoms with Crippen LogP contribution in [0.1, 0.15) is 18.1 Å². The molecule has 1 heterocycles. The van der Waals surface area contributed by atoms with Gasteiger partial charge in [-0.1, -0.05) is 0 Å². The van der Waals surface area contributed by atoms with Gasteiger partial charge in [0.05, 0.1) is 6.10 Å². The normalized spacial score (nSPS) is 12.6. The molecule has 1 atom stereocenters. The van der Waals surface area contributed by atoms with Crippen molar-refractivity contribution in [3.63, 3.8) is 0 Å². The Labute approximate surface area is 97.3 Å². The van der Waals surface area contributed by atoms with E-state index in [0.29, 0.717) is 6.54 Å². The molecule has 1 unspecified atom stereocenters. The van der Waals surface area contributed by atoms with E-state index in [0.717, 1.165) is 17.9 Å². The quantitative estimate of drug-likeness (QED) is 0.779. The van der Waals surface area contributed by atoms with Crippen molar-refractivity contribution in [1.29, 1.82) is 0 Å². The average Bonchev–Trinajstić information content (AvgIpc) is 2.16. The van der Waals surface area contributed by atoms with Gasteiger partial charge in [-0.2, -0.15) is 0 Å². The fraction of sp³-hybridized carbons (Fsp3) is 0.583. The molecule has 1 aromatic heterocycles. The van der Waals surface area contributed by atoms with Gasteiger partial charge in [0.2, 0.25) is 0 Å². The van der Waals surface area contributed by atoms with Crippen molar-refractivity contribution in [3.05, 3.63) is 23.4 Å². The van der Waals surface area contributed by atoms with E-state index in [4.69, 9.17) is 0 Å². The van der Waals surface area contributed by atoms with Crippen molar-refractivity contribution in [3.8, 4) is 0 Å². The van der Waals surface area contributed by atoms with E-state index in [9.17, 15) is 5.11 Å². The maximum absolute atomic E-state index is 9.33. The topological polar surface area (TPSA) is 48.4 Å². The van der Waals surface area contributed by atoms with E-state index in [1.165, 1.54) is 5.56 Å². The molecule has 0 spiro atoms. The van der Waals surface area contributed by atoms with Crippen molar-refractivity contribution in [2.24, 2.45) is 0 Å². The van der Waals surface area contributed by atoms with Gasteiger partial charge < -0.3 is 15.3 Å². The molecule has 0 bridgehead atoms. The van der Waals surface area contributed by atoms with E-state index in [-0.39, 0.29) is 6.10 Å². The molecule has 16 heavy (non-hydrogen) atoms. The lowest BCUT2D eigenvalue weighted by Gasteiger charge is -2.21. The minimum atomic E-state index is -0.344. The summed E-state index contributed by atoms with van der Waals surface area (Å²) in [5.41, 5.74) is 2.31. The molecule has 0 saturated heterocycles. The second-order valence-electron chi connectivity index (χ2n) is 4.24. The molecule has 1 rings (SSSR count). The highest BCUT2D eigenvalue weighted by atomic mass is 16.3. The van der Waals surface area contributed by atoms with Crippen LogP contribution < -0.4 is 10.2 Å². The van der Waals surface area contributed by atoms with Crippen LogP contribution in [0.3, 0.4) is 0 Å². The van der Waals surface area contributed by atoms with Crippen molar-refractivity contribution in [2.45, 2.75) is 26.5 Å². The first-order valence-corrected chi connectivity index (χ1v) is 5.54. The summed E-state index contributed by atoms with van der Waals surface area (Å²) in [6.45, 7) is 5.24. The van der Waals surface area contributed by atoms with Crippen LogP contribution in [0, 0.1) is 6.92 Å². The van der Waals surface area contributed by atoms with Crippen LogP contribution in [0.5, 0.6) is 0 Å². The van der Waals surface area contributed by atoms with Crippen LogP contribution in [0.4, 0.5) is 5.82 Å². The number of aryl methyl sites for hydroxylation is 1. The number of hydrogen-bond acceptors (Lipinski definition) is 4. The Morgan fingerprint density at radius 1 is 1.56 bits per heavy atom. The highest BCUT2D eigenvalue weighted by Gasteiger charge is 2.08. The summed E-state index contributed by atoms with van der Waals surface area (Å²) in [6.07, 6.45) is 1.53. The molecule has 0 amide bonds. The molecular weight excluding hydrogens is 202 g/mol. The first-order valence-electron chi connectivity index (χ1n) is 5.54. The number of nitrogens with zero attached hydrogens (tertiary/aromatic N) is 2. The van der Waals surface area contributed by atoms with Gasteiger partial charge in [-0.05, 0) is 38.1 Å². The van der Waals surface area contributed by atoms with Gasteiger partial charge >= 0.3 is 0 Å².